The van der Waals surface area contributed by atoms with Gasteiger partial charge >= 0.3 is 5.97 Å². The quantitative estimate of drug-likeness (QED) is 0.638. The Kier molecular flexibility index (Phi) is 2.83. The van der Waals surface area contributed by atoms with Gasteiger partial charge in [-0.3, -0.25) is 4.79 Å². The van der Waals surface area contributed by atoms with Crippen LogP contribution < -0.4 is 0 Å². The summed E-state index contributed by atoms with van der Waals surface area (Å²) in [6.07, 6.45) is 0. The smallest absolute Gasteiger partial charge is 0.377 e. The molecule has 0 atom stereocenters. The Morgan fingerprint density at radius 1 is 1.38 bits per heavy atom. The van der Waals surface area contributed by atoms with Crippen molar-refractivity contribution < 1.29 is 14.7 Å². The number of benzene rings is 1. The number of Topliss-reactive ketones (excluding diaryl/α,β-unsaturated/α-hetero) is 1. The van der Waals surface area contributed by atoms with E-state index in [9.17, 15) is 9.59 Å². The summed E-state index contributed by atoms with van der Waals surface area (Å²) in [4.78, 5) is 21.5. The van der Waals surface area contributed by atoms with E-state index in [1.54, 1.807) is 19.1 Å². The maximum absolute atomic E-state index is 11.1. The highest BCUT2D eigenvalue weighted by molar-refractivity contribution is 9.10. The summed E-state index contributed by atoms with van der Waals surface area (Å²) in [5.74, 6) is -2.31. The van der Waals surface area contributed by atoms with Gasteiger partial charge in [-0.15, -0.1) is 0 Å². The van der Waals surface area contributed by atoms with Crippen LogP contribution in [0.15, 0.2) is 22.7 Å². The number of aliphatic carboxylic acids is 1. The molecule has 1 N–H and O–H groups in total. The molecule has 1 aromatic rings. The zero-order valence-corrected chi connectivity index (χ0v) is 8.46. The van der Waals surface area contributed by atoms with Gasteiger partial charge in [0, 0.05) is 10.0 Å². The molecule has 0 bridgehead atoms. The molecule has 1 aromatic carbocycles. The highest BCUT2D eigenvalue weighted by Gasteiger charge is 2.17. The molecule has 4 heteroatoms. The number of carbonyl (C=O) groups excluding carboxylic acids is 1. The zero-order chi connectivity index (χ0) is 10.0. The Morgan fingerprint density at radius 2 is 2.00 bits per heavy atom. The predicted octanol–water partition coefficient (Wildman–Crippen LogP) is 2.02. The maximum Gasteiger partial charge on any atom is 0.377 e. The molecule has 0 saturated carbocycles. The number of hydrogen-bond donors (Lipinski definition) is 1. The van der Waals surface area contributed by atoms with Crippen LogP contribution in [0.2, 0.25) is 0 Å². The number of carboxylic acid groups (broad SMARTS) is 1. The Bertz CT molecular complexity index is 371. The van der Waals surface area contributed by atoms with Crippen LogP contribution in [0, 0.1) is 6.92 Å². The lowest BCUT2D eigenvalue weighted by molar-refractivity contribution is -0.131. The van der Waals surface area contributed by atoms with Crippen molar-refractivity contribution in [2.24, 2.45) is 0 Å². The first-order chi connectivity index (χ1) is 6.04. The SMILES string of the molecule is Cc1c(Br)cccc1C(=O)C(=O)O. The molecule has 0 radical (unpaired) electrons. The van der Waals surface area contributed by atoms with Gasteiger partial charge in [0.2, 0.25) is 0 Å². The van der Waals surface area contributed by atoms with Crippen LogP contribution in [0.25, 0.3) is 0 Å². The molecule has 13 heavy (non-hydrogen) atoms. The fourth-order valence-corrected chi connectivity index (χ4v) is 1.33. The summed E-state index contributed by atoms with van der Waals surface area (Å²) < 4.78 is 0.736. The zero-order valence-electron chi connectivity index (χ0n) is 6.87. The second kappa shape index (κ2) is 3.70. The van der Waals surface area contributed by atoms with E-state index in [4.69, 9.17) is 5.11 Å². The molecular weight excluding hydrogens is 236 g/mol. The van der Waals surface area contributed by atoms with Crippen LogP contribution in [0.3, 0.4) is 0 Å². The molecule has 3 nitrogen and oxygen atoms in total. The number of ketones is 1. The summed E-state index contributed by atoms with van der Waals surface area (Å²) in [7, 11) is 0. The minimum Gasteiger partial charge on any atom is -0.475 e. The largest absolute Gasteiger partial charge is 0.475 e. The van der Waals surface area contributed by atoms with Gasteiger partial charge < -0.3 is 5.11 Å². The van der Waals surface area contributed by atoms with E-state index in [0.29, 0.717) is 5.56 Å². The number of carbonyl (C=O) groups is 2. The number of carboxylic acids is 1. The van der Waals surface area contributed by atoms with Crippen LogP contribution in [-0.2, 0) is 4.79 Å². The fourth-order valence-electron chi connectivity index (χ4n) is 0.969. The molecule has 1 rings (SSSR count). The van der Waals surface area contributed by atoms with Gasteiger partial charge in [0.25, 0.3) is 5.78 Å². The van der Waals surface area contributed by atoms with Crippen molar-refractivity contribution in [2.45, 2.75) is 6.92 Å². The van der Waals surface area contributed by atoms with Crippen molar-refractivity contribution in [2.75, 3.05) is 0 Å². The number of hydrogen-bond acceptors (Lipinski definition) is 2. The lowest BCUT2D eigenvalue weighted by Gasteiger charge is -2.02. The Balaban J connectivity index is 3.23. The Hall–Kier alpha value is -1.16. The van der Waals surface area contributed by atoms with Crippen molar-refractivity contribution in [1.82, 2.24) is 0 Å². The lowest BCUT2D eigenvalue weighted by Crippen LogP contribution is -2.14. The Morgan fingerprint density at radius 3 is 2.54 bits per heavy atom. The summed E-state index contributed by atoms with van der Waals surface area (Å²) in [6, 6.07) is 4.89. The third-order valence-corrected chi connectivity index (χ3v) is 2.57. The van der Waals surface area contributed by atoms with Gasteiger partial charge in [-0.1, -0.05) is 28.1 Å². The molecule has 0 amide bonds. The van der Waals surface area contributed by atoms with E-state index in [0.717, 1.165) is 4.47 Å². The van der Waals surface area contributed by atoms with Gasteiger partial charge in [-0.25, -0.2) is 4.79 Å². The summed E-state index contributed by atoms with van der Waals surface area (Å²) in [5.41, 5.74) is 0.872. The van der Waals surface area contributed by atoms with E-state index in [1.165, 1.54) is 6.07 Å². The third kappa shape index (κ3) is 1.95. The first-order valence-corrected chi connectivity index (χ1v) is 4.36. The van der Waals surface area contributed by atoms with Gasteiger partial charge in [0.1, 0.15) is 0 Å². The minimum atomic E-state index is -1.43. The summed E-state index contributed by atoms with van der Waals surface area (Å²) in [6.45, 7) is 1.69. The number of rotatable bonds is 2. The average molecular weight is 243 g/mol. The molecule has 0 spiro atoms. The van der Waals surface area contributed by atoms with Gasteiger partial charge in [-0.05, 0) is 18.6 Å². The Labute approximate surface area is 83.5 Å². The standard InChI is InChI=1S/C9H7BrO3/c1-5-6(8(11)9(12)13)3-2-4-7(5)10/h2-4H,1H3,(H,12,13). The van der Waals surface area contributed by atoms with Gasteiger partial charge in [0.15, 0.2) is 0 Å². The second-order valence-corrected chi connectivity index (χ2v) is 3.40. The van der Waals surface area contributed by atoms with E-state index < -0.39 is 11.8 Å². The molecule has 68 valence electrons. The minimum absolute atomic E-state index is 0.224. The van der Waals surface area contributed by atoms with E-state index in [-0.39, 0.29) is 5.56 Å². The third-order valence-electron chi connectivity index (χ3n) is 1.71. The predicted molar refractivity (Wildman–Crippen MR) is 50.8 cm³/mol. The summed E-state index contributed by atoms with van der Waals surface area (Å²) >= 11 is 3.22. The molecule has 0 saturated heterocycles. The van der Waals surface area contributed by atoms with Crippen LogP contribution in [0.1, 0.15) is 15.9 Å². The van der Waals surface area contributed by atoms with Gasteiger partial charge in [0.05, 0.1) is 0 Å². The molecule has 0 heterocycles. The van der Waals surface area contributed by atoms with E-state index >= 15 is 0 Å². The molecule has 0 aliphatic carbocycles. The fraction of sp³-hybridized carbons (Fsp3) is 0.111. The normalized spacial score (nSPS) is 9.69. The molecule has 0 aliphatic heterocycles. The topological polar surface area (TPSA) is 54.4 Å². The van der Waals surface area contributed by atoms with Crippen LogP contribution >= 0.6 is 15.9 Å². The van der Waals surface area contributed by atoms with Crippen LogP contribution in [0.4, 0.5) is 0 Å². The molecule has 0 unspecified atom stereocenters. The van der Waals surface area contributed by atoms with Crippen LogP contribution in [-0.4, -0.2) is 16.9 Å². The van der Waals surface area contributed by atoms with E-state index in [1.807, 2.05) is 0 Å². The number of halogens is 1. The molecule has 0 aliphatic rings. The second-order valence-electron chi connectivity index (χ2n) is 2.55. The van der Waals surface area contributed by atoms with Crippen LogP contribution in [0.5, 0.6) is 0 Å². The average Bonchev–Trinajstić information content (AvgIpc) is 2.08. The van der Waals surface area contributed by atoms with Gasteiger partial charge in [-0.2, -0.15) is 0 Å². The molecular formula is C9H7BrO3. The first-order valence-electron chi connectivity index (χ1n) is 3.56. The van der Waals surface area contributed by atoms with Crippen molar-refractivity contribution >= 4 is 27.7 Å². The highest BCUT2D eigenvalue weighted by atomic mass is 79.9. The monoisotopic (exact) mass is 242 g/mol. The lowest BCUT2D eigenvalue weighted by atomic mass is 10.1. The summed E-state index contributed by atoms with van der Waals surface area (Å²) in [5, 5.41) is 8.49. The van der Waals surface area contributed by atoms with Crippen molar-refractivity contribution in [1.29, 1.82) is 0 Å². The van der Waals surface area contributed by atoms with Crippen molar-refractivity contribution in [3.63, 3.8) is 0 Å². The maximum atomic E-state index is 11.1. The van der Waals surface area contributed by atoms with E-state index in [2.05, 4.69) is 15.9 Å². The first kappa shape index (κ1) is 9.92. The van der Waals surface area contributed by atoms with Crippen molar-refractivity contribution in [3.05, 3.63) is 33.8 Å². The van der Waals surface area contributed by atoms with Crippen molar-refractivity contribution in [3.8, 4) is 0 Å². The molecule has 0 fully saturated rings. The highest BCUT2D eigenvalue weighted by Crippen LogP contribution is 2.19. The molecule has 0 aromatic heterocycles.